The molecule has 1 aliphatic carbocycles. The van der Waals surface area contributed by atoms with Gasteiger partial charge in [-0.2, -0.15) is 0 Å². The maximum Gasteiger partial charge on any atom is 0.307 e. The average molecular weight is 309 g/mol. The van der Waals surface area contributed by atoms with Crippen molar-refractivity contribution in [1.82, 2.24) is 4.90 Å². The van der Waals surface area contributed by atoms with Crippen LogP contribution < -0.4 is 0 Å². The number of carbonyl (C=O) groups excluding carboxylic acids is 1. The fourth-order valence-electron chi connectivity index (χ4n) is 3.91. The molecule has 1 saturated carbocycles. The van der Waals surface area contributed by atoms with Crippen molar-refractivity contribution >= 4 is 22.6 Å². The molecule has 2 fully saturated rings. The van der Waals surface area contributed by atoms with E-state index >= 15 is 0 Å². The number of hydrogen-bond donors (Lipinski definition) is 1. The van der Waals surface area contributed by atoms with Gasteiger partial charge in [0.05, 0.1) is 5.92 Å². The van der Waals surface area contributed by atoms with E-state index < -0.39 is 5.97 Å². The zero-order valence-electron chi connectivity index (χ0n) is 12.9. The van der Waals surface area contributed by atoms with Crippen LogP contribution >= 0.6 is 0 Å². The van der Waals surface area contributed by atoms with E-state index in [1.807, 2.05) is 47.4 Å². The van der Waals surface area contributed by atoms with Crippen molar-refractivity contribution in [2.24, 2.45) is 11.3 Å². The summed E-state index contributed by atoms with van der Waals surface area (Å²) in [5.74, 6) is -0.821. The smallest absolute Gasteiger partial charge is 0.307 e. The normalized spacial score (nSPS) is 22.3. The highest BCUT2D eigenvalue weighted by Crippen LogP contribution is 2.59. The van der Waals surface area contributed by atoms with Crippen molar-refractivity contribution in [2.75, 3.05) is 13.1 Å². The molecule has 1 atom stereocenters. The first-order valence-corrected chi connectivity index (χ1v) is 8.10. The molecule has 1 saturated heterocycles. The largest absolute Gasteiger partial charge is 0.481 e. The van der Waals surface area contributed by atoms with E-state index in [9.17, 15) is 9.59 Å². The highest BCUT2D eigenvalue weighted by Gasteiger charge is 2.59. The second kappa shape index (κ2) is 5.08. The number of carbonyl (C=O) groups is 2. The molecule has 1 heterocycles. The van der Waals surface area contributed by atoms with E-state index in [1.54, 1.807) is 0 Å². The molecule has 4 rings (SSSR count). The van der Waals surface area contributed by atoms with Gasteiger partial charge in [-0.3, -0.25) is 9.59 Å². The number of carboxylic acid groups (broad SMARTS) is 1. The van der Waals surface area contributed by atoms with Crippen LogP contribution in [0.4, 0.5) is 0 Å². The molecule has 0 aromatic heterocycles. The number of aliphatic carboxylic acids is 1. The third-order valence-electron chi connectivity index (χ3n) is 5.53. The number of hydrogen-bond acceptors (Lipinski definition) is 2. The van der Waals surface area contributed by atoms with Crippen LogP contribution in [0.25, 0.3) is 10.8 Å². The molecule has 2 aromatic rings. The summed E-state index contributed by atoms with van der Waals surface area (Å²) in [7, 11) is 0. The van der Waals surface area contributed by atoms with Crippen LogP contribution in [-0.2, 0) is 4.79 Å². The van der Waals surface area contributed by atoms with Gasteiger partial charge in [-0.1, -0.05) is 30.3 Å². The first-order chi connectivity index (χ1) is 11.1. The molecule has 1 spiro atoms. The van der Waals surface area contributed by atoms with Gasteiger partial charge < -0.3 is 10.0 Å². The summed E-state index contributed by atoms with van der Waals surface area (Å²) in [5.41, 5.74) is 0.677. The van der Waals surface area contributed by atoms with Crippen LogP contribution in [0.3, 0.4) is 0 Å². The minimum atomic E-state index is -0.681. The van der Waals surface area contributed by atoms with Gasteiger partial charge in [0.1, 0.15) is 0 Å². The van der Waals surface area contributed by atoms with E-state index in [-0.39, 0.29) is 17.2 Å². The third kappa shape index (κ3) is 2.38. The zero-order valence-corrected chi connectivity index (χ0v) is 12.9. The molecular weight excluding hydrogens is 290 g/mol. The minimum absolute atomic E-state index is 0.0357. The van der Waals surface area contributed by atoms with Crippen LogP contribution in [-0.4, -0.2) is 35.0 Å². The number of amides is 1. The predicted octanol–water partition coefficient (Wildman–Crippen LogP) is 3.17. The Kier molecular flexibility index (Phi) is 3.15. The Hall–Kier alpha value is -2.36. The molecule has 0 radical (unpaired) electrons. The van der Waals surface area contributed by atoms with Gasteiger partial charge in [-0.05, 0) is 47.6 Å². The summed E-state index contributed by atoms with van der Waals surface area (Å²) < 4.78 is 0. The first-order valence-electron chi connectivity index (χ1n) is 8.10. The molecule has 4 nitrogen and oxygen atoms in total. The zero-order chi connectivity index (χ0) is 16.0. The van der Waals surface area contributed by atoms with Crippen molar-refractivity contribution in [2.45, 2.75) is 19.3 Å². The lowest BCUT2D eigenvalue weighted by atomic mass is 9.90. The number of piperidine rings is 1. The number of fused-ring (bicyclic) bond motifs is 1. The van der Waals surface area contributed by atoms with Crippen molar-refractivity contribution in [1.29, 1.82) is 0 Å². The van der Waals surface area contributed by atoms with Crippen LogP contribution in [0.15, 0.2) is 42.5 Å². The number of benzene rings is 2. The van der Waals surface area contributed by atoms with Crippen LogP contribution in [0.2, 0.25) is 0 Å². The first kappa shape index (κ1) is 14.2. The van der Waals surface area contributed by atoms with Crippen molar-refractivity contribution in [3.8, 4) is 0 Å². The Bertz CT molecular complexity index is 790. The van der Waals surface area contributed by atoms with E-state index in [4.69, 9.17) is 5.11 Å². The maximum absolute atomic E-state index is 12.7. The fourth-order valence-corrected chi connectivity index (χ4v) is 3.91. The lowest BCUT2D eigenvalue weighted by molar-refractivity contribution is -0.139. The molecule has 0 bridgehead atoms. The maximum atomic E-state index is 12.7. The molecule has 1 aliphatic heterocycles. The molecule has 2 aromatic carbocycles. The SMILES string of the molecule is O=C(O)C1CC12CCN(C(=O)c1ccc3ccccc3c1)CC2. The molecule has 1 unspecified atom stereocenters. The molecule has 118 valence electrons. The Morgan fingerprint density at radius 2 is 1.74 bits per heavy atom. The van der Waals surface area contributed by atoms with Gasteiger partial charge in [0.2, 0.25) is 0 Å². The van der Waals surface area contributed by atoms with E-state index in [1.165, 1.54) is 0 Å². The second-order valence-corrected chi connectivity index (χ2v) is 6.81. The van der Waals surface area contributed by atoms with Gasteiger partial charge in [-0.25, -0.2) is 0 Å². The summed E-state index contributed by atoms with van der Waals surface area (Å²) in [6, 6.07) is 13.8. The van der Waals surface area contributed by atoms with Gasteiger partial charge in [-0.15, -0.1) is 0 Å². The highest BCUT2D eigenvalue weighted by molar-refractivity contribution is 5.98. The topological polar surface area (TPSA) is 57.6 Å². The van der Waals surface area contributed by atoms with Gasteiger partial charge >= 0.3 is 5.97 Å². The van der Waals surface area contributed by atoms with Crippen molar-refractivity contribution < 1.29 is 14.7 Å². The van der Waals surface area contributed by atoms with E-state index in [0.717, 1.165) is 30.0 Å². The summed E-state index contributed by atoms with van der Waals surface area (Å²) in [6.07, 6.45) is 2.40. The number of rotatable bonds is 2. The summed E-state index contributed by atoms with van der Waals surface area (Å²) in [4.78, 5) is 25.7. The molecule has 2 aliphatic rings. The lowest BCUT2D eigenvalue weighted by Crippen LogP contribution is -2.40. The summed E-state index contributed by atoms with van der Waals surface area (Å²) in [6.45, 7) is 1.32. The van der Waals surface area contributed by atoms with Gasteiger partial charge in [0.25, 0.3) is 5.91 Å². The molecule has 4 heteroatoms. The molecule has 23 heavy (non-hydrogen) atoms. The van der Waals surface area contributed by atoms with Crippen molar-refractivity contribution in [3.05, 3.63) is 48.0 Å². The monoisotopic (exact) mass is 309 g/mol. The Morgan fingerprint density at radius 1 is 1.04 bits per heavy atom. The molecule has 1 N–H and O–H groups in total. The van der Waals surface area contributed by atoms with Gasteiger partial charge in [0.15, 0.2) is 0 Å². The molecule has 1 amide bonds. The summed E-state index contributed by atoms with van der Waals surface area (Å²) in [5, 5.41) is 11.3. The lowest BCUT2D eigenvalue weighted by Gasteiger charge is -2.32. The van der Waals surface area contributed by atoms with Crippen LogP contribution in [0, 0.1) is 11.3 Å². The van der Waals surface area contributed by atoms with Crippen molar-refractivity contribution in [3.63, 3.8) is 0 Å². The number of carboxylic acids is 1. The average Bonchev–Trinajstić information content (AvgIpc) is 3.28. The highest BCUT2D eigenvalue weighted by atomic mass is 16.4. The predicted molar refractivity (Wildman–Crippen MR) is 87.3 cm³/mol. The van der Waals surface area contributed by atoms with E-state index in [0.29, 0.717) is 18.7 Å². The second-order valence-electron chi connectivity index (χ2n) is 6.81. The Balaban J connectivity index is 1.48. The number of likely N-dealkylation sites (tertiary alicyclic amines) is 1. The number of nitrogens with zero attached hydrogens (tertiary/aromatic N) is 1. The standard InChI is InChI=1S/C19H19NO3/c21-17(15-6-5-13-3-1-2-4-14(13)11-15)20-9-7-19(8-10-20)12-16(19)18(22)23/h1-6,11,16H,7-10,12H2,(H,22,23). The fraction of sp³-hybridized carbons (Fsp3) is 0.368. The Labute approximate surface area is 134 Å². The quantitative estimate of drug-likeness (QED) is 0.927. The van der Waals surface area contributed by atoms with Crippen LogP contribution in [0.1, 0.15) is 29.6 Å². The minimum Gasteiger partial charge on any atom is -0.481 e. The van der Waals surface area contributed by atoms with Crippen LogP contribution in [0.5, 0.6) is 0 Å². The third-order valence-corrected chi connectivity index (χ3v) is 5.53. The van der Waals surface area contributed by atoms with E-state index in [2.05, 4.69) is 0 Å². The Morgan fingerprint density at radius 3 is 2.39 bits per heavy atom. The summed E-state index contributed by atoms with van der Waals surface area (Å²) >= 11 is 0. The molecular formula is C19H19NO3. The van der Waals surface area contributed by atoms with Gasteiger partial charge in [0, 0.05) is 18.7 Å².